The van der Waals surface area contributed by atoms with E-state index in [0.29, 0.717) is 47.1 Å². The van der Waals surface area contributed by atoms with Gasteiger partial charge in [-0.3, -0.25) is 9.36 Å². The van der Waals surface area contributed by atoms with Crippen LogP contribution in [0.25, 0.3) is 10.9 Å². The van der Waals surface area contributed by atoms with Crippen LogP contribution < -0.4 is 5.56 Å². The summed E-state index contributed by atoms with van der Waals surface area (Å²) in [6.07, 6.45) is 1.16. The second-order valence-corrected chi connectivity index (χ2v) is 10.4. The molecule has 3 rings (SSSR count). The Balaban J connectivity index is 2.17. The zero-order valence-electron chi connectivity index (χ0n) is 18.2. The van der Waals surface area contributed by atoms with E-state index in [0.717, 1.165) is 0 Å². The largest absolute Gasteiger partial charge is 0.298 e. The van der Waals surface area contributed by atoms with Crippen LogP contribution in [0.5, 0.6) is 0 Å². The molecule has 166 valence electrons. The van der Waals surface area contributed by atoms with Gasteiger partial charge in [-0.2, -0.15) is 4.31 Å². The summed E-state index contributed by atoms with van der Waals surface area (Å²) in [4.78, 5) is 17.8. The van der Waals surface area contributed by atoms with Gasteiger partial charge in [-0.1, -0.05) is 44.5 Å². The highest BCUT2D eigenvalue weighted by Crippen LogP contribution is 2.31. The van der Waals surface area contributed by atoms with E-state index in [1.807, 2.05) is 13.0 Å². The van der Waals surface area contributed by atoms with Gasteiger partial charge in [-0.05, 0) is 55.2 Å². The second-order valence-electron chi connectivity index (χ2n) is 8.03. The summed E-state index contributed by atoms with van der Waals surface area (Å²) in [7, 11) is -2.19. The van der Waals surface area contributed by atoms with Crippen molar-refractivity contribution in [1.29, 1.82) is 0 Å². The van der Waals surface area contributed by atoms with Crippen LogP contribution in [-0.2, 0) is 17.1 Å². The molecule has 1 aromatic heterocycles. The fraction of sp³-hybridized carbons (Fsp3) is 0.391. The predicted molar refractivity (Wildman–Crippen MR) is 125 cm³/mol. The normalized spacial score (nSPS) is 13.3. The first-order chi connectivity index (χ1) is 14.7. The van der Waals surface area contributed by atoms with Crippen molar-refractivity contribution in [2.45, 2.75) is 44.6 Å². The smallest absolute Gasteiger partial charge is 0.261 e. The van der Waals surface area contributed by atoms with Crippen LogP contribution in [0.3, 0.4) is 0 Å². The van der Waals surface area contributed by atoms with Gasteiger partial charge in [0, 0.05) is 18.6 Å². The minimum Gasteiger partial charge on any atom is -0.298 e. The molecule has 8 heteroatoms. The summed E-state index contributed by atoms with van der Waals surface area (Å²) in [5.74, 6) is 0.751. The summed E-state index contributed by atoms with van der Waals surface area (Å²) in [6, 6.07) is 12.7. The average Bonchev–Trinajstić information content (AvgIpc) is 2.74. The lowest BCUT2D eigenvalue weighted by Gasteiger charge is -2.31. The summed E-state index contributed by atoms with van der Waals surface area (Å²) in [5, 5.41) is 0.983. The fourth-order valence-corrected chi connectivity index (χ4v) is 5.42. The zero-order chi connectivity index (χ0) is 22.8. The summed E-state index contributed by atoms with van der Waals surface area (Å²) < 4.78 is 30.3. The van der Waals surface area contributed by atoms with E-state index in [2.05, 4.69) is 13.8 Å². The van der Waals surface area contributed by atoms with Gasteiger partial charge in [0.2, 0.25) is 10.0 Å². The number of rotatable bonds is 8. The van der Waals surface area contributed by atoms with Crippen LogP contribution in [0.1, 0.15) is 45.5 Å². The minimum atomic E-state index is -3.84. The molecule has 3 aromatic rings. The molecule has 2 aromatic carbocycles. The first-order valence-corrected chi connectivity index (χ1v) is 12.2. The number of aromatic nitrogens is 2. The van der Waals surface area contributed by atoms with E-state index < -0.39 is 16.1 Å². The molecule has 0 aliphatic rings. The molecule has 0 radical (unpaired) electrons. The standard InChI is InChI=1S/C23H28ClN3O3S/c1-5-21(22-25-20-9-7-6-8-19(20)23(28)26(22)4)27(15-14-16(2)3)31(29,30)18-12-10-17(24)11-13-18/h6-13,16,21H,5,14-15H2,1-4H3. The van der Waals surface area contributed by atoms with Gasteiger partial charge < -0.3 is 0 Å². The first kappa shape index (κ1) is 23.4. The third-order valence-electron chi connectivity index (χ3n) is 5.40. The first-order valence-electron chi connectivity index (χ1n) is 10.4. The third kappa shape index (κ3) is 4.84. The van der Waals surface area contributed by atoms with Gasteiger partial charge in [-0.25, -0.2) is 13.4 Å². The van der Waals surface area contributed by atoms with Crippen LogP contribution in [0.15, 0.2) is 58.2 Å². The number of hydrogen-bond donors (Lipinski definition) is 0. The summed E-state index contributed by atoms with van der Waals surface area (Å²) in [5.41, 5.74) is 0.374. The van der Waals surface area contributed by atoms with Gasteiger partial charge >= 0.3 is 0 Å². The Labute approximate surface area is 188 Å². The Morgan fingerprint density at radius 3 is 2.35 bits per heavy atom. The number of nitrogens with zero attached hydrogens (tertiary/aromatic N) is 3. The van der Waals surface area contributed by atoms with Crippen LogP contribution in [0.2, 0.25) is 5.02 Å². The summed E-state index contributed by atoms with van der Waals surface area (Å²) >= 11 is 5.97. The van der Waals surface area contributed by atoms with Gasteiger partial charge in [0.05, 0.1) is 21.8 Å². The molecule has 1 atom stereocenters. The Bertz CT molecular complexity index is 1220. The van der Waals surface area contributed by atoms with Gasteiger partial charge in [0.25, 0.3) is 5.56 Å². The second kappa shape index (κ2) is 9.51. The molecule has 0 saturated carbocycles. The molecule has 31 heavy (non-hydrogen) atoms. The lowest BCUT2D eigenvalue weighted by molar-refractivity contribution is 0.283. The van der Waals surface area contributed by atoms with E-state index >= 15 is 0 Å². The molecule has 0 aliphatic carbocycles. The fourth-order valence-electron chi connectivity index (χ4n) is 3.62. The molecule has 0 spiro atoms. The Morgan fingerprint density at radius 2 is 1.74 bits per heavy atom. The van der Waals surface area contributed by atoms with Crippen LogP contribution in [0.4, 0.5) is 0 Å². The quantitative estimate of drug-likeness (QED) is 0.484. The number of sulfonamides is 1. The van der Waals surface area contributed by atoms with E-state index in [1.165, 1.54) is 21.0 Å². The highest BCUT2D eigenvalue weighted by molar-refractivity contribution is 7.89. The topological polar surface area (TPSA) is 72.3 Å². The van der Waals surface area contributed by atoms with Crippen molar-refractivity contribution in [3.8, 4) is 0 Å². The van der Waals surface area contributed by atoms with Crippen molar-refractivity contribution in [1.82, 2.24) is 13.9 Å². The number of halogens is 1. The van der Waals surface area contributed by atoms with Gasteiger partial charge in [0.1, 0.15) is 5.82 Å². The molecule has 0 aliphatic heterocycles. The number of fused-ring (bicyclic) bond motifs is 1. The monoisotopic (exact) mass is 461 g/mol. The van der Waals surface area contributed by atoms with E-state index in [1.54, 1.807) is 37.4 Å². The molecule has 0 N–H and O–H groups in total. The molecule has 0 fully saturated rings. The maximum Gasteiger partial charge on any atom is 0.261 e. The third-order valence-corrected chi connectivity index (χ3v) is 7.57. The van der Waals surface area contributed by atoms with Crippen molar-refractivity contribution in [3.05, 3.63) is 69.7 Å². The highest BCUT2D eigenvalue weighted by atomic mass is 35.5. The predicted octanol–water partition coefficient (Wildman–Crippen LogP) is 4.78. The molecule has 1 heterocycles. The zero-order valence-corrected chi connectivity index (χ0v) is 19.8. The highest BCUT2D eigenvalue weighted by Gasteiger charge is 2.34. The van der Waals surface area contributed by atoms with Crippen molar-refractivity contribution < 1.29 is 8.42 Å². The lowest BCUT2D eigenvalue weighted by atomic mass is 10.1. The number of benzene rings is 2. The molecule has 0 saturated heterocycles. The van der Waals surface area contributed by atoms with E-state index in [-0.39, 0.29) is 10.5 Å². The van der Waals surface area contributed by atoms with Crippen LogP contribution in [0, 0.1) is 5.92 Å². The van der Waals surface area contributed by atoms with Gasteiger partial charge in [0.15, 0.2) is 0 Å². The van der Waals surface area contributed by atoms with Gasteiger partial charge in [-0.15, -0.1) is 0 Å². The molecule has 0 bridgehead atoms. The number of hydrogen-bond acceptors (Lipinski definition) is 4. The van der Waals surface area contributed by atoms with Crippen LogP contribution in [-0.4, -0.2) is 28.8 Å². The number of para-hydroxylation sites is 1. The lowest BCUT2D eigenvalue weighted by Crippen LogP contribution is -2.39. The summed E-state index contributed by atoms with van der Waals surface area (Å²) in [6.45, 7) is 6.34. The molecule has 1 unspecified atom stereocenters. The SMILES string of the molecule is CCC(c1nc2ccccc2c(=O)n1C)N(CCC(C)C)S(=O)(=O)c1ccc(Cl)cc1. The van der Waals surface area contributed by atoms with Crippen molar-refractivity contribution in [2.24, 2.45) is 13.0 Å². The van der Waals surface area contributed by atoms with E-state index in [9.17, 15) is 13.2 Å². The van der Waals surface area contributed by atoms with E-state index in [4.69, 9.17) is 16.6 Å². The maximum absolute atomic E-state index is 13.7. The van der Waals surface area contributed by atoms with Crippen molar-refractivity contribution in [2.75, 3.05) is 6.54 Å². The molecular weight excluding hydrogens is 434 g/mol. The Morgan fingerprint density at radius 1 is 1.10 bits per heavy atom. The van der Waals surface area contributed by atoms with Crippen molar-refractivity contribution >= 4 is 32.5 Å². The van der Waals surface area contributed by atoms with Crippen molar-refractivity contribution in [3.63, 3.8) is 0 Å². The van der Waals surface area contributed by atoms with Crippen LogP contribution >= 0.6 is 11.6 Å². The molecule has 6 nitrogen and oxygen atoms in total. The maximum atomic E-state index is 13.7. The minimum absolute atomic E-state index is 0.171. The molecular formula is C23H28ClN3O3S. The Hall–Kier alpha value is -2.22. The average molecular weight is 462 g/mol. The Kier molecular flexibility index (Phi) is 7.19. The molecule has 0 amide bonds.